The highest BCUT2D eigenvalue weighted by molar-refractivity contribution is 5.94. The number of nitrogens with zero attached hydrogens (tertiary/aromatic N) is 2. The Morgan fingerprint density at radius 2 is 2.23 bits per heavy atom. The number of aromatic nitrogens is 1. The Kier molecular flexibility index (Phi) is 5.99. The van der Waals surface area contributed by atoms with Crippen molar-refractivity contribution >= 4 is 17.7 Å². The van der Waals surface area contributed by atoms with Gasteiger partial charge in [-0.25, -0.2) is 9.78 Å². The van der Waals surface area contributed by atoms with Crippen LogP contribution in [0.3, 0.4) is 0 Å². The minimum Gasteiger partial charge on any atom is -0.497 e. The van der Waals surface area contributed by atoms with Gasteiger partial charge in [-0.05, 0) is 18.2 Å². The Hall–Kier alpha value is -3.33. The third-order valence-corrected chi connectivity index (χ3v) is 4.90. The van der Waals surface area contributed by atoms with Gasteiger partial charge in [0, 0.05) is 24.8 Å². The fourth-order valence-corrected chi connectivity index (χ4v) is 3.29. The number of benzene rings is 1. The van der Waals surface area contributed by atoms with Crippen LogP contribution in [0.15, 0.2) is 42.6 Å². The molecule has 2 saturated heterocycles. The number of methoxy groups -OCH3 is 1. The highest BCUT2D eigenvalue weighted by Gasteiger charge is 2.32. The number of ether oxygens (including phenoxy) is 4. The topological polar surface area (TPSA) is 99.2 Å². The fourth-order valence-electron chi connectivity index (χ4n) is 3.29. The third kappa shape index (κ3) is 4.62. The maximum atomic E-state index is 12.4. The van der Waals surface area contributed by atoms with Crippen molar-refractivity contribution in [1.82, 2.24) is 10.3 Å². The van der Waals surface area contributed by atoms with Gasteiger partial charge in [-0.2, -0.15) is 0 Å². The van der Waals surface area contributed by atoms with Crippen LogP contribution in [0.5, 0.6) is 11.6 Å². The molecule has 0 spiro atoms. The first-order chi connectivity index (χ1) is 14.6. The van der Waals surface area contributed by atoms with Gasteiger partial charge in [0.2, 0.25) is 5.88 Å². The van der Waals surface area contributed by atoms with E-state index in [0.29, 0.717) is 42.6 Å². The van der Waals surface area contributed by atoms with E-state index >= 15 is 0 Å². The van der Waals surface area contributed by atoms with E-state index in [2.05, 4.69) is 10.3 Å². The van der Waals surface area contributed by atoms with Gasteiger partial charge in [0.1, 0.15) is 18.0 Å². The summed E-state index contributed by atoms with van der Waals surface area (Å²) < 4.78 is 21.5. The molecule has 0 aliphatic carbocycles. The lowest BCUT2D eigenvalue weighted by atomic mass is 10.2. The number of pyridine rings is 1. The first kappa shape index (κ1) is 20.0. The number of hydrogen-bond donors (Lipinski definition) is 1. The van der Waals surface area contributed by atoms with Crippen molar-refractivity contribution < 1.29 is 28.5 Å². The second kappa shape index (κ2) is 9.00. The second-order valence-corrected chi connectivity index (χ2v) is 7.02. The Labute approximate surface area is 173 Å². The zero-order chi connectivity index (χ0) is 20.9. The Bertz CT molecular complexity index is 898. The van der Waals surface area contributed by atoms with E-state index in [0.717, 1.165) is 6.42 Å². The largest absolute Gasteiger partial charge is 0.497 e. The first-order valence-electron chi connectivity index (χ1n) is 9.73. The van der Waals surface area contributed by atoms with Crippen LogP contribution in [0.4, 0.5) is 10.5 Å². The Morgan fingerprint density at radius 3 is 2.97 bits per heavy atom. The van der Waals surface area contributed by atoms with Gasteiger partial charge in [0.25, 0.3) is 5.91 Å². The molecule has 9 heteroatoms. The molecule has 2 unspecified atom stereocenters. The molecule has 2 aliphatic heterocycles. The van der Waals surface area contributed by atoms with Crippen LogP contribution in [0, 0.1) is 0 Å². The molecule has 0 radical (unpaired) electrons. The van der Waals surface area contributed by atoms with Gasteiger partial charge in [-0.1, -0.05) is 6.07 Å². The van der Waals surface area contributed by atoms with Crippen molar-refractivity contribution in [2.45, 2.75) is 18.6 Å². The molecule has 3 heterocycles. The number of anilines is 1. The van der Waals surface area contributed by atoms with Gasteiger partial charge < -0.3 is 24.3 Å². The molecule has 2 aromatic rings. The normalized spacial score (nSPS) is 20.7. The van der Waals surface area contributed by atoms with E-state index in [4.69, 9.17) is 18.9 Å². The summed E-state index contributed by atoms with van der Waals surface area (Å²) in [6.07, 6.45) is 1.38. The van der Waals surface area contributed by atoms with Gasteiger partial charge >= 0.3 is 6.09 Å². The molecule has 2 fully saturated rings. The van der Waals surface area contributed by atoms with Crippen molar-refractivity contribution in [1.29, 1.82) is 0 Å². The van der Waals surface area contributed by atoms with E-state index in [1.807, 2.05) is 0 Å². The van der Waals surface area contributed by atoms with E-state index in [1.54, 1.807) is 43.5 Å². The van der Waals surface area contributed by atoms with Crippen molar-refractivity contribution in [2.24, 2.45) is 0 Å². The van der Waals surface area contributed by atoms with Crippen LogP contribution >= 0.6 is 0 Å². The molecule has 0 bridgehead atoms. The molecule has 9 nitrogen and oxygen atoms in total. The summed E-state index contributed by atoms with van der Waals surface area (Å²) in [5, 5.41) is 2.78. The number of nitrogens with one attached hydrogen (secondary N) is 1. The van der Waals surface area contributed by atoms with Crippen molar-refractivity contribution in [3.8, 4) is 11.6 Å². The van der Waals surface area contributed by atoms with E-state index < -0.39 is 12.2 Å². The third-order valence-electron chi connectivity index (χ3n) is 4.90. The average molecular weight is 413 g/mol. The maximum Gasteiger partial charge on any atom is 0.414 e. The van der Waals surface area contributed by atoms with Crippen LogP contribution in [0.2, 0.25) is 0 Å². The van der Waals surface area contributed by atoms with Gasteiger partial charge in [0.05, 0.1) is 44.7 Å². The zero-order valence-corrected chi connectivity index (χ0v) is 16.6. The van der Waals surface area contributed by atoms with Gasteiger partial charge in [-0.15, -0.1) is 0 Å². The molecule has 1 aromatic carbocycles. The number of amides is 2. The number of carbonyl (C=O) groups is 2. The lowest BCUT2D eigenvalue weighted by Gasteiger charge is -2.14. The fraction of sp³-hybridized carbons (Fsp3) is 0.381. The molecule has 2 amide bonds. The van der Waals surface area contributed by atoms with Crippen LogP contribution < -0.4 is 19.7 Å². The molecule has 2 atom stereocenters. The van der Waals surface area contributed by atoms with Crippen molar-refractivity contribution in [2.75, 3.05) is 38.3 Å². The zero-order valence-electron chi connectivity index (χ0n) is 16.6. The second-order valence-electron chi connectivity index (χ2n) is 7.02. The molecular formula is C21H23N3O6. The summed E-state index contributed by atoms with van der Waals surface area (Å²) in [5.41, 5.74) is 1.08. The molecule has 0 saturated carbocycles. The van der Waals surface area contributed by atoms with Crippen molar-refractivity contribution in [3.63, 3.8) is 0 Å². The standard InChI is InChI=1S/C21H23N3O6/c1-27-16-4-2-3-15(9-16)24-12-18(30-21(24)26)11-23-20(25)14-5-6-19(22-10-14)29-17-7-8-28-13-17/h2-6,9-10,17-18H,7-8,11-13H2,1H3,(H,23,25). The number of rotatable bonds is 7. The highest BCUT2D eigenvalue weighted by atomic mass is 16.6. The molecule has 2 aliphatic rings. The van der Waals surface area contributed by atoms with Gasteiger partial charge in [0.15, 0.2) is 0 Å². The van der Waals surface area contributed by atoms with Crippen LogP contribution in [-0.4, -0.2) is 62.6 Å². The maximum absolute atomic E-state index is 12.4. The molecular weight excluding hydrogens is 390 g/mol. The Morgan fingerprint density at radius 1 is 1.33 bits per heavy atom. The molecule has 1 N–H and O–H groups in total. The molecule has 4 rings (SSSR count). The number of hydrogen-bond acceptors (Lipinski definition) is 7. The summed E-state index contributed by atoms with van der Waals surface area (Å²) in [6.45, 7) is 1.77. The molecule has 1 aromatic heterocycles. The average Bonchev–Trinajstić information content (AvgIpc) is 3.42. The Balaban J connectivity index is 1.29. The summed E-state index contributed by atoms with van der Waals surface area (Å²) in [4.78, 5) is 30.3. The predicted molar refractivity (Wildman–Crippen MR) is 107 cm³/mol. The van der Waals surface area contributed by atoms with E-state index in [9.17, 15) is 9.59 Å². The predicted octanol–water partition coefficient (Wildman–Crippen LogP) is 2.01. The minimum atomic E-state index is -0.457. The van der Waals surface area contributed by atoms with Crippen LogP contribution in [0.1, 0.15) is 16.8 Å². The van der Waals surface area contributed by atoms with Crippen LogP contribution in [0.25, 0.3) is 0 Å². The lowest BCUT2D eigenvalue weighted by molar-refractivity contribution is 0.0915. The van der Waals surface area contributed by atoms with Crippen LogP contribution in [-0.2, 0) is 9.47 Å². The smallest absolute Gasteiger partial charge is 0.414 e. The molecule has 158 valence electrons. The highest BCUT2D eigenvalue weighted by Crippen LogP contribution is 2.25. The summed E-state index contributed by atoms with van der Waals surface area (Å²) in [5.74, 6) is 0.812. The summed E-state index contributed by atoms with van der Waals surface area (Å²) in [6, 6.07) is 10.5. The lowest BCUT2D eigenvalue weighted by Crippen LogP contribution is -2.34. The first-order valence-corrected chi connectivity index (χ1v) is 9.73. The SMILES string of the molecule is COc1cccc(N2CC(CNC(=O)c3ccc(OC4CCOC4)nc3)OC2=O)c1. The number of carbonyl (C=O) groups excluding carboxylic acids is 2. The quantitative estimate of drug-likeness (QED) is 0.741. The van der Waals surface area contributed by atoms with Crippen molar-refractivity contribution in [3.05, 3.63) is 48.2 Å². The van der Waals surface area contributed by atoms with E-state index in [1.165, 1.54) is 11.1 Å². The summed E-state index contributed by atoms with van der Waals surface area (Å²) >= 11 is 0. The minimum absolute atomic E-state index is 0.00163. The number of cyclic esters (lactones) is 1. The molecule has 30 heavy (non-hydrogen) atoms. The monoisotopic (exact) mass is 413 g/mol. The van der Waals surface area contributed by atoms with E-state index in [-0.39, 0.29) is 18.6 Å². The summed E-state index contributed by atoms with van der Waals surface area (Å²) in [7, 11) is 1.57. The van der Waals surface area contributed by atoms with Gasteiger partial charge in [-0.3, -0.25) is 9.69 Å².